The maximum absolute atomic E-state index is 11.5. The van der Waals surface area contributed by atoms with E-state index in [0.29, 0.717) is 29.4 Å². The average molecular weight is 1630 g/mol. The molecule has 17 heteroatoms. The Morgan fingerprint density at radius 2 is 0.650 bits per heavy atom. The Labute approximate surface area is 704 Å². The third kappa shape index (κ3) is 29.0. The van der Waals surface area contributed by atoms with Crippen molar-refractivity contribution in [3.05, 3.63) is 117 Å². The number of aliphatic hydroxyl groups is 5. The van der Waals surface area contributed by atoms with Gasteiger partial charge in [-0.25, -0.2) is 19.2 Å². The second-order valence-corrected chi connectivity index (χ2v) is 36.5. The van der Waals surface area contributed by atoms with Gasteiger partial charge in [-0.2, -0.15) is 0 Å². The molecule has 4 aromatic carbocycles. The van der Waals surface area contributed by atoms with Crippen LogP contribution in [0.3, 0.4) is 0 Å². The molecule has 4 saturated carbocycles. The third-order valence-corrected chi connectivity index (χ3v) is 28.5. The Balaban J connectivity index is 0.000000213. The SMILES string of the molecule is C.CCCCC[C@H](C)CCC1[C@H](C)C[C@@H]2Cc3c(cccc3OCC(=O)O)C[C@H]12.CCCCC[C@H](C)CCC1[C@H](C)C[C@@H]2Cc3c(cccc3OCC(=O)OC)C[C@H]12.CCCCC[C@H](O)CCC1[C@H](O)C[C@@H]2Cc3c(cccc3OCC(=O)O)C[C@H]12.CCCCC[C@H](O)CCC1[C@H](O)C[C@@H]2Cc3c(cccc3OCC(=O)OC)C[C@H]12.CO. The fourth-order valence-electron chi connectivity index (χ4n) is 22.3. The van der Waals surface area contributed by atoms with Crippen LogP contribution in [0.25, 0.3) is 0 Å². The monoisotopic (exact) mass is 1630 g/mol. The van der Waals surface area contributed by atoms with Gasteiger partial charge in [0, 0.05) is 7.11 Å². The van der Waals surface area contributed by atoms with Crippen LogP contribution in [0.4, 0.5) is 0 Å². The fraction of sp³-hybridized carbons (Fsp3) is 0.720. The Hall–Kier alpha value is -6.24. The van der Waals surface area contributed by atoms with Gasteiger partial charge in [-0.1, -0.05) is 214 Å². The van der Waals surface area contributed by atoms with Gasteiger partial charge in [0.2, 0.25) is 0 Å². The zero-order valence-electron chi connectivity index (χ0n) is 73.0. The number of hydrogen-bond donors (Lipinski definition) is 7. The summed E-state index contributed by atoms with van der Waals surface area (Å²) in [7, 11) is 3.76. The lowest BCUT2D eigenvalue weighted by molar-refractivity contribution is -0.143. The van der Waals surface area contributed by atoms with Crippen LogP contribution >= 0.6 is 0 Å². The predicted molar refractivity (Wildman–Crippen MR) is 466 cm³/mol. The number of fused-ring (bicyclic) bond motifs is 8. The second-order valence-electron chi connectivity index (χ2n) is 36.5. The maximum atomic E-state index is 11.5. The van der Waals surface area contributed by atoms with Crippen molar-refractivity contribution in [2.45, 2.75) is 318 Å². The quantitative estimate of drug-likeness (QED) is 0.0161. The Bertz CT molecular complexity index is 3340. The van der Waals surface area contributed by atoms with Crippen molar-refractivity contribution in [3.8, 4) is 23.0 Å². The molecule has 12 rings (SSSR count). The third-order valence-electron chi connectivity index (χ3n) is 28.5. The summed E-state index contributed by atoms with van der Waals surface area (Å²) >= 11 is 0. The molecule has 0 heterocycles. The van der Waals surface area contributed by atoms with E-state index >= 15 is 0 Å². The summed E-state index contributed by atoms with van der Waals surface area (Å²) < 4.78 is 32.0. The van der Waals surface area contributed by atoms with E-state index in [4.69, 9.17) is 39.0 Å². The van der Waals surface area contributed by atoms with Crippen LogP contribution in [0, 0.1) is 94.7 Å². The first kappa shape index (κ1) is 97.9. The van der Waals surface area contributed by atoms with Crippen LogP contribution in [0.2, 0.25) is 0 Å². The van der Waals surface area contributed by atoms with Crippen molar-refractivity contribution in [1.29, 1.82) is 0 Å². The number of esters is 2. The molecular weight excluding hydrogens is 1470 g/mol. The van der Waals surface area contributed by atoms with E-state index in [1.165, 1.54) is 162 Å². The maximum Gasteiger partial charge on any atom is 0.343 e. The summed E-state index contributed by atoms with van der Waals surface area (Å²) in [5, 5.41) is 66.8. The van der Waals surface area contributed by atoms with Gasteiger partial charge in [-0.05, 0) is 292 Å². The lowest BCUT2D eigenvalue weighted by atomic mass is 9.73. The van der Waals surface area contributed by atoms with Crippen LogP contribution in [-0.2, 0) is 80.0 Å². The van der Waals surface area contributed by atoms with Crippen LogP contribution in [0.15, 0.2) is 72.8 Å². The highest BCUT2D eigenvalue weighted by atomic mass is 16.6. The smallest absolute Gasteiger partial charge is 0.343 e. The molecule has 4 aromatic rings. The van der Waals surface area contributed by atoms with E-state index in [1.807, 2.05) is 42.5 Å². The summed E-state index contributed by atoms with van der Waals surface area (Å²) in [5.74, 6) is 10.9. The first-order valence-electron chi connectivity index (χ1n) is 45.7. The van der Waals surface area contributed by atoms with E-state index in [0.717, 1.165) is 211 Å². The van der Waals surface area contributed by atoms with Gasteiger partial charge in [-0.15, -0.1) is 0 Å². The average Bonchev–Trinajstić information content (AvgIpc) is 1.70. The topological polar surface area (TPSA) is 265 Å². The molecule has 20 atom stereocenters. The molecule has 0 bridgehead atoms. The van der Waals surface area contributed by atoms with Gasteiger partial charge in [0.1, 0.15) is 23.0 Å². The van der Waals surface area contributed by atoms with Crippen LogP contribution in [0.5, 0.6) is 23.0 Å². The molecule has 8 aliphatic carbocycles. The van der Waals surface area contributed by atoms with Crippen molar-refractivity contribution in [2.75, 3.05) is 47.8 Å². The van der Waals surface area contributed by atoms with Crippen LogP contribution in [-0.4, -0.2) is 132 Å². The molecule has 0 aromatic heterocycles. The fourth-order valence-corrected chi connectivity index (χ4v) is 22.3. The highest BCUT2D eigenvalue weighted by molar-refractivity contribution is 5.71. The molecule has 17 nitrogen and oxygen atoms in total. The number of methoxy groups -OCH3 is 2. The number of unbranched alkanes of at least 4 members (excludes halogenated alkanes) is 8. The summed E-state index contributed by atoms with van der Waals surface area (Å²) in [6, 6.07) is 24.4. The zero-order chi connectivity index (χ0) is 83.8. The molecule has 117 heavy (non-hydrogen) atoms. The van der Waals surface area contributed by atoms with Gasteiger partial charge in [-0.3, -0.25) is 0 Å². The number of carbonyl (C=O) groups excluding carboxylic acids is 2. The number of aliphatic carboxylic acids is 2. The van der Waals surface area contributed by atoms with Gasteiger partial charge in [0.25, 0.3) is 0 Å². The molecule has 0 aliphatic heterocycles. The molecule has 0 amide bonds. The number of carbonyl (C=O) groups is 4. The van der Waals surface area contributed by atoms with Gasteiger partial charge >= 0.3 is 23.9 Å². The van der Waals surface area contributed by atoms with E-state index in [9.17, 15) is 39.6 Å². The Morgan fingerprint density at radius 1 is 0.376 bits per heavy atom. The molecule has 8 aliphatic rings. The molecule has 0 spiro atoms. The van der Waals surface area contributed by atoms with E-state index in [-0.39, 0.29) is 82.0 Å². The number of rotatable bonds is 40. The van der Waals surface area contributed by atoms with Gasteiger partial charge in [0.05, 0.1) is 38.6 Å². The lowest BCUT2D eigenvalue weighted by Crippen LogP contribution is -2.28. The zero-order valence-corrected chi connectivity index (χ0v) is 73.0. The Kier molecular flexibility index (Phi) is 42.6. The second kappa shape index (κ2) is 50.9. The van der Waals surface area contributed by atoms with Crippen molar-refractivity contribution in [1.82, 2.24) is 0 Å². The number of carboxylic acid groups (broad SMARTS) is 2. The van der Waals surface area contributed by atoms with Crippen molar-refractivity contribution >= 4 is 23.9 Å². The minimum Gasteiger partial charge on any atom is -0.482 e. The van der Waals surface area contributed by atoms with E-state index < -0.39 is 11.9 Å². The minimum atomic E-state index is -0.972. The molecule has 0 radical (unpaired) electrons. The highest BCUT2D eigenvalue weighted by Crippen LogP contribution is 2.55. The van der Waals surface area contributed by atoms with Gasteiger partial charge in [0.15, 0.2) is 26.4 Å². The summed E-state index contributed by atoms with van der Waals surface area (Å²) in [5.41, 5.74) is 10.2. The number of aliphatic hydroxyl groups excluding tert-OH is 5. The molecular formula is C100H156O17. The van der Waals surface area contributed by atoms with Gasteiger partial charge < -0.3 is 64.2 Å². The molecule has 0 saturated heterocycles. The number of carboxylic acids is 2. The largest absolute Gasteiger partial charge is 0.482 e. The Morgan fingerprint density at radius 3 is 0.940 bits per heavy atom. The first-order valence-corrected chi connectivity index (χ1v) is 45.7. The van der Waals surface area contributed by atoms with E-state index in [1.54, 1.807) is 0 Å². The van der Waals surface area contributed by atoms with Crippen molar-refractivity contribution in [2.24, 2.45) is 94.7 Å². The molecule has 4 fully saturated rings. The first-order chi connectivity index (χ1) is 56.0. The standard InChI is InChI=1S/C26H40O3.C25H38O3.C24H36O5.C23H34O5.CH4O.CH4/c1-5-6-7-9-18(2)12-13-22-19(3)14-21-16-24-20(15-23(21)22)10-8-11-25(24)29-17-26(27)28-4;1-4-5-6-8-17(2)11-12-21-18(3)13-20-15-23-19(14-22(20)21)9-7-10-24(23)28-16-25(26)27;1-3-4-5-8-18(25)10-11-19-20-12-16-7-6-9-23(29-15-24(27)28-2)21(16)13-17(20)14-22(19)26;1-2-3-4-7-17(24)9-10-18-19-11-15-6-5-8-22(28-14-23(26)27)20(15)12-16(19)13-21(18)25;1-2;/h8,10-11,18-19,21-23H,5-7,9,12-17H2,1-4H3;7,9-10,17-18,20-22H,4-6,8,11-16H2,1-3H3,(H,26,27);6-7,9,17-20,22,25-26H,3-5,8,10-15H2,1-2H3;5-6,8,16-19,21,24-25H,2-4,7,9-14H2,1H3,(H,26,27);2H,1H3;1H4/t18-,19+,21+,22?,23-;17-,18+,20+,21?,22-;17-,18-,19?,20-,22+;16-,17-,18?,19-,21+;;/m0000../s1. The molecule has 658 valence electrons. The lowest BCUT2D eigenvalue weighted by Gasteiger charge is -2.33. The summed E-state index contributed by atoms with van der Waals surface area (Å²) in [6.07, 6.45) is 39.5. The van der Waals surface area contributed by atoms with Crippen LogP contribution in [0.1, 0.15) is 287 Å². The normalized spacial score (nSPS) is 26.2. The predicted octanol–water partition coefficient (Wildman–Crippen LogP) is 19.9. The number of ether oxygens (including phenoxy) is 6. The summed E-state index contributed by atoms with van der Waals surface area (Å²) in [6.45, 7) is 18.1. The number of hydrogen-bond acceptors (Lipinski definition) is 15. The van der Waals surface area contributed by atoms with Crippen LogP contribution < -0.4 is 18.9 Å². The summed E-state index contributed by atoms with van der Waals surface area (Å²) in [4.78, 5) is 44.6. The molecule has 4 unspecified atom stereocenters. The van der Waals surface area contributed by atoms with E-state index in [2.05, 4.69) is 90.5 Å². The minimum absolute atomic E-state index is 0. The van der Waals surface area contributed by atoms with Crippen molar-refractivity contribution < 1.29 is 83.3 Å². The van der Waals surface area contributed by atoms with Crippen molar-refractivity contribution in [3.63, 3.8) is 0 Å². The molecule has 7 N–H and O–H groups in total. The highest BCUT2D eigenvalue weighted by Gasteiger charge is 2.49. The number of benzene rings is 4.